The molecule has 0 saturated carbocycles. The average Bonchev–Trinajstić information content (AvgIpc) is 2.28. The molecule has 0 bridgehead atoms. The summed E-state index contributed by atoms with van der Waals surface area (Å²) >= 11 is 0. The van der Waals surface area contributed by atoms with E-state index in [0.717, 1.165) is 0 Å². The highest BCUT2D eigenvalue weighted by Crippen LogP contribution is 2.17. The molecule has 0 aliphatic carbocycles. The van der Waals surface area contributed by atoms with E-state index in [1.165, 1.54) is 6.92 Å². The Morgan fingerprint density at radius 1 is 1.25 bits per heavy atom. The molecule has 1 heterocycles. The van der Waals surface area contributed by atoms with E-state index in [0.29, 0.717) is 0 Å². The first-order chi connectivity index (χ1) is 5.59. The maximum absolute atomic E-state index is 12.3. The molecule has 0 aromatic carbocycles. The lowest BCUT2D eigenvalue weighted by Crippen LogP contribution is -2.13. The molecule has 0 amide bonds. The van der Waals surface area contributed by atoms with E-state index >= 15 is 0 Å². The van der Waals surface area contributed by atoms with E-state index in [1.54, 1.807) is 0 Å². The van der Waals surface area contributed by atoms with Crippen molar-refractivity contribution in [2.24, 2.45) is 0 Å². The molecular weight excluding hydrogens is 159 g/mol. The van der Waals surface area contributed by atoms with Crippen LogP contribution in [0.1, 0.15) is 20.8 Å². The fraction of sp³-hybridized carbons (Fsp3) is 0.778. The monoisotopic (exact) mass is 172 g/mol. The van der Waals surface area contributed by atoms with Gasteiger partial charge in [-0.05, 0) is 26.7 Å². The van der Waals surface area contributed by atoms with Crippen molar-refractivity contribution in [2.45, 2.75) is 45.4 Å². The summed E-state index contributed by atoms with van der Waals surface area (Å²) in [4.78, 5) is 0. The minimum atomic E-state index is -1.12. The summed E-state index contributed by atoms with van der Waals surface area (Å²) in [7, 11) is 0. The Hall–Kier alpha value is -0.590. The number of rotatable bonds is 0. The smallest absolute Gasteiger partial charge is 0.223 e. The normalized spacial score (nSPS) is 37.2. The van der Waals surface area contributed by atoms with Gasteiger partial charge in [-0.25, -0.2) is 4.39 Å². The van der Waals surface area contributed by atoms with Crippen molar-refractivity contribution < 1.29 is 13.9 Å². The quantitative estimate of drug-likeness (QED) is 0.515. The molecule has 0 aromatic heterocycles. The van der Waals surface area contributed by atoms with Gasteiger partial charge in [0.25, 0.3) is 0 Å². The Bertz CT molecular complexity index is 194. The van der Waals surface area contributed by atoms with Gasteiger partial charge in [0.15, 0.2) is 6.17 Å². The lowest BCUT2D eigenvalue weighted by Gasteiger charge is -2.01. The molecule has 0 aromatic rings. The number of hydrogen-bond acceptors (Lipinski definition) is 2. The summed E-state index contributed by atoms with van der Waals surface area (Å²) in [6, 6.07) is 0. The summed E-state index contributed by atoms with van der Waals surface area (Å²) < 4.78 is 22.8. The molecule has 0 spiro atoms. The molecule has 12 heavy (non-hydrogen) atoms. The number of halogens is 1. The van der Waals surface area contributed by atoms with Crippen LogP contribution < -0.4 is 0 Å². The van der Waals surface area contributed by atoms with Crippen LogP contribution in [-0.2, 0) is 9.47 Å². The summed E-state index contributed by atoms with van der Waals surface area (Å²) in [6.45, 7) is 5.20. The third kappa shape index (κ3) is 2.47. The van der Waals surface area contributed by atoms with Gasteiger partial charge in [0.05, 0.1) is 12.2 Å². The zero-order valence-corrected chi connectivity index (χ0v) is 7.50. The van der Waals surface area contributed by atoms with Gasteiger partial charge in [-0.2, -0.15) is 0 Å². The standard InChI is InChI=1S/C9H13FO2/c1-6(10)4-5-9-11-7(2)8(3)12-9/h6-9H,1-3H3/t6-,7+,8?,9?/m0/s1. The lowest BCUT2D eigenvalue weighted by molar-refractivity contribution is -0.0169. The number of alkyl halides is 1. The van der Waals surface area contributed by atoms with E-state index in [-0.39, 0.29) is 12.2 Å². The van der Waals surface area contributed by atoms with E-state index in [9.17, 15) is 4.39 Å². The third-order valence-electron chi connectivity index (χ3n) is 1.74. The van der Waals surface area contributed by atoms with Crippen molar-refractivity contribution in [3.63, 3.8) is 0 Å². The first-order valence-corrected chi connectivity index (χ1v) is 4.05. The molecule has 1 rings (SSSR count). The number of ether oxygens (including phenoxy) is 2. The van der Waals surface area contributed by atoms with Crippen LogP contribution in [0.15, 0.2) is 0 Å². The summed E-state index contributed by atoms with van der Waals surface area (Å²) in [5, 5.41) is 0. The van der Waals surface area contributed by atoms with Crippen molar-refractivity contribution in [3.8, 4) is 11.8 Å². The molecule has 3 heteroatoms. The Labute approximate surface area is 72.0 Å². The second kappa shape index (κ2) is 3.88. The lowest BCUT2D eigenvalue weighted by atomic mass is 10.3. The van der Waals surface area contributed by atoms with E-state index in [2.05, 4.69) is 11.8 Å². The molecule has 1 saturated heterocycles. The molecule has 1 aliphatic heterocycles. The van der Waals surface area contributed by atoms with Crippen molar-refractivity contribution in [2.75, 3.05) is 0 Å². The van der Waals surface area contributed by atoms with E-state index in [4.69, 9.17) is 9.47 Å². The van der Waals surface area contributed by atoms with Crippen LogP contribution >= 0.6 is 0 Å². The molecular formula is C9H13FO2. The average molecular weight is 172 g/mol. The minimum absolute atomic E-state index is 0.0409. The Kier molecular flexibility index (Phi) is 3.07. The van der Waals surface area contributed by atoms with Crippen LogP contribution in [0, 0.1) is 11.8 Å². The van der Waals surface area contributed by atoms with Crippen LogP contribution in [-0.4, -0.2) is 24.7 Å². The van der Waals surface area contributed by atoms with Crippen LogP contribution in [0.4, 0.5) is 4.39 Å². The van der Waals surface area contributed by atoms with Crippen LogP contribution in [0.3, 0.4) is 0 Å². The van der Waals surface area contributed by atoms with Gasteiger partial charge in [0, 0.05) is 0 Å². The van der Waals surface area contributed by atoms with Crippen LogP contribution in [0.2, 0.25) is 0 Å². The molecule has 0 N–H and O–H groups in total. The topological polar surface area (TPSA) is 18.5 Å². The molecule has 4 atom stereocenters. The fourth-order valence-corrected chi connectivity index (χ4v) is 0.894. The second-order valence-corrected chi connectivity index (χ2v) is 2.92. The van der Waals surface area contributed by atoms with Gasteiger partial charge in [0.1, 0.15) is 0 Å². The van der Waals surface area contributed by atoms with Crippen LogP contribution in [0.5, 0.6) is 0 Å². The maximum Gasteiger partial charge on any atom is 0.223 e. The van der Waals surface area contributed by atoms with Crippen molar-refractivity contribution in [1.29, 1.82) is 0 Å². The van der Waals surface area contributed by atoms with Gasteiger partial charge in [-0.3, -0.25) is 0 Å². The summed E-state index contributed by atoms with van der Waals surface area (Å²) in [6.07, 6.45) is -1.59. The predicted molar refractivity (Wildman–Crippen MR) is 43.2 cm³/mol. The molecule has 1 fully saturated rings. The zero-order valence-electron chi connectivity index (χ0n) is 7.50. The van der Waals surface area contributed by atoms with Gasteiger partial charge >= 0.3 is 0 Å². The molecule has 2 unspecified atom stereocenters. The molecule has 68 valence electrons. The van der Waals surface area contributed by atoms with Crippen molar-refractivity contribution in [3.05, 3.63) is 0 Å². The highest BCUT2D eigenvalue weighted by Gasteiger charge is 2.27. The van der Waals surface area contributed by atoms with Crippen LogP contribution in [0.25, 0.3) is 0 Å². The SMILES string of the molecule is CC1OC(C#C[C@H](C)F)O[C@@H]1C. The number of hydrogen-bond donors (Lipinski definition) is 0. The third-order valence-corrected chi connectivity index (χ3v) is 1.74. The Morgan fingerprint density at radius 3 is 2.17 bits per heavy atom. The predicted octanol–water partition coefficient (Wildman–Crippen LogP) is 1.50. The van der Waals surface area contributed by atoms with Gasteiger partial charge < -0.3 is 9.47 Å². The minimum Gasteiger partial charge on any atom is -0.336 e. The maximum atomic E-state index is 12.3. The van der Waals surface area contributed by atoms with Gasteiger partial charge in [-0.1, -0.05) is 5.92 Å². The zero-order chi connectivity index (χ0) is 9.14. The van der Waals surface area contributed by atoms with E-state index < -0.39 is 12.5 Å². The second-order valence-electron chi connectivity index (χ2n) is 2.92. The summed E-state index contributed by atoms with van der Waals surface area (Å²) in [5.74, 6) is 4.93. The Morgan fingerprint density at radius 2 is 1.75 bits per heavy atom. The first kappa shape index (κ1) is 9.50. The molecule has 1 aliphatic rings. The highest BCUT2D eigenvalue weighted by atomic mass is 19.1. The van der Waals surface area contributed by atoms with Crippen molar-refractivity contribution >= 4 is 0 Å². The van der Waals surface area contributed by atoms with Gasteiger partial charge in [-0.15, -0.1) is 0 Å². The summed E-state index contributed by atoms with van der Waals surface area (Å²) in [5.41, 5.74) is 0. The molecule has 0 radical (unpaired) electrons. The first-order valence-electron chi connectivity index (χ1n) is 4.05. The van der Waals surface area contributed by atoms with E-state index in [1.807, 2.05) is 13.8 Å². The fourth-order valence-electron chi connectivity index (χ4n) is 0.894. The van der Waals surface area contributed by atoms with Crippen molar-refractivity contribution in [1.82, 2.24) is 0 Å². The largest absolute Gasteiger partial charge is 0.336 e. The Balaban J connectivity index is 2.44. The highest BCUT2D eigenvalue weighted by molar-refractivity contribution is 5.07. The van der Waals surface area contributed by atoms with Gasteiger partial charge in [0.2, 0.25) is 6.29 Å². The molecule has 2 nitrogen and oxygen atoms in total.